The van der Waals surface area contributed by atoms with Crippen molar-refractivity contribution in [2.24, 2.45) is 34.0 Å². The van der Waals surface area contributed by atoms with E-state index in [9.17, 15) is 14.7 Å². The van der Waals surface area contributed by atoms with Gasteiger partial charge in [0.05, 0.1) is 11.5 Å². The van der Waals surface area contributed by atoms with Gasteiger partial charge in [0.15, 0.2) is 6.61 Å². The quantitative estimate of drug-likeness (QED) is 0.230. The topological polar surface area (TPSA) is 85.4 Å². The van der Waals surface area contributed by atoms with Crippen LogP contribution in [0.2, 0.25) is 18.1 Å². The Kier molecular flexibility index (Phi) is 6.45. The molecule has 0 radical (unpaired) electrons. The summed E-state index contributed by atoms with van der Waals surface area (Å²) in [5.41, 5.74) is -2.31. The van der Waals surface area contributed by atoms with Crippen LogP contribution in [0.4, 0.5) is 0 Å². The summed E-state index contributed by atoms with van der Waals surface area (Å²) in [6.07, 6.45) is 11.1. The van der Waals surface area contributed by atoms with Crippen molar-refractivity contribution in [3.05, 3.63) is 35.6 Å². The minimum atomic E-state index is -1.97. The van der Waals surface area contributed by atoms with E-state index in [-0.39, 0.29) is 45.7 Å². The Labute approximate surface area is 241 Å². The molecule has 5 rings (SSSR count). The predicted octanol–water partition coefficient (Wildman–Crippen LogP) is 6.51. The molecule has 7 heteroatoms. The number of hydrogen-bond donors (Lipinski definition) is 1. The SMILES string of the molecule is C[C@@H]1C[C@H]2[C@@H]3CC=C4C=C(O[Si](C)(C)C(C)(C)C)C=C[C@]4(C)[C@@]34O[C@H]4C[C@]2(C)[C@@]1(O)C(=O)COC(=O)C(C)(C)C. The Bertz CT molecular complexity index is 1220. The number of carbonyl (C=O) groups is 2. The molecule has 5 aliphatic rings. The molecule has 6 nitrogen and oxygen atoms in total. The first-order chi connectivity index (χ1) is 18.1. The lowest BCUT2D eigenvalue weighted by atomic mass is 9.48. The molecule has 3 fully saturated rings. The number of rotatable bonds is 5. The van der Waals surface area contributed by atoms with Crippen LogP contribution in [0.15, 0.2) is 35.6 Å². The largest absolute Gasteiger partial charge is 0.544 e. The normalized spacial score (nSPS) is 42.0. The van der Waals surface area contributed by atoms with Crippen molar-refractivity contribution in [2.75, 3.05) is 6.61 Å². The third kappa shape index (κ3) is 3.86. The summed E-state index contributed by atoms with van der Waals surface area (Å²) in [5.74, 6) is 0.182. The maximum atomic E-state index is 13.6. The van der Waals surface area contributed by atoms with Gasteiger partial charge in [0.1, 0.15) is 17.0 Å². The van der Waals surface area contributed by atoms with E-state index >= 15 is 0 Å². The number of fused-ring (bicyclic) bond motifs is 3. The summed E-state index contributed by atoms with van der Waals surface area (Å²) in [7, 11) is -1.97. The maximum Gasteiger partial charge on any atom is 0.311 e. The standard InChI is InChI=1S/C33H50O6Si/c1-20-16-24-23-13-12-21-17-22(39-40(10,11)29(5,6)7)14-15-30(21,8)33(23)26(38-33)18-31(24,9)32(20,36)25(34)19-37-27(35)28(2,3)4/h12,14-15,17,20,23-24,26,36H,13,16,18-19H2,1-11H3/t20-,23+,24+,26+,30+,31+,32+,33-/m1/s1. The number of hydrogen-bond acceptors (Lipinski definition) is 6. The number of allylic oxidation sites excluding steroid dienone is 3. The van der Waals surface area contributed by atoms with Gasteiger partial charge < -0.3 is 19.0 Å². The Balaban J connectivity index is 1.42. The van der Waals surface area contributed by atoms with Crippen molar-refractivity contribution in [1.29, 1.82) is 0 Å². The highest BCUT2D eigenvalue weighted by Crippen LogP contribution is 2.76. The fraction of sp³-hybridized carbons (Fsp3) is 0.758. The third-order valence-corrected chi connectivity index (χ3v) is 16.2. The highest BCUT2D eigenvalue weighted by atomic mass is 28.4. The van der Waals surface area contributed by atoms with Crippen molar-refractivity contribution in [3.63, 3.8) is 0 Å². The van der Waals surface area contributed by atoms with Gasteiger partial charge in [-0.1, -0.05) is 46.8 Å². The number of ketones is 1. The molecular weight excluding hydrogens is 520 g/mol. The molecule has 222 valence electrons. The van der Waals surface area contributed by atoms with Crippen LogP contribution in [0.25, 0.3) is 0 Å². The molecule has 1 N–H and O–H groups in total. The fourth-order valence-electron chi connectivity index (χ4n) is 8.30. The molecule has 8 atom stereocenters. The van der Waals surface area contributed by atoms with Crippen molar-refractivity contribution < 1.29 is 28.6 Å². The summed E-state index contributed by atoms with van der Waals surface area (Å²) in [5, 5.41) is 12.3. The fourth-order valence-corrected chi connectivity index (χ4v) is 9.32. The van der Waals surface area contributed by atoms with E-state index in [4.69, 9.17) is 13.9 Å². The second-order valence-electron chi connectivity index (χ2n) is 16.2. The van der Waals surface area contributed by atoms with Crippen LogP contribution in [0.3, 0.4) is 0 Å². The molecule has 2 saturated carbocycles. The Morgan fingerprint density at radius 1 is 1.12 bits per heavy atom. The first-order valence-electron chi connectivity index (χ1n) is 15.1. The molecular formula is C33H50O6Si. The zero-order valence-corrected chi connectivity index (χ0v) is 27.4. The first-order valence-corrected chi connectivity index (χ1v) is 18.0. The number of aliphatic hydroxyl groups is 1. The second kappa shape index (κ2) is 8.67. The molecule has 0 bridgehead atoms. The molecule has 0 unspecified atom stereocenters. The van der Waals surface area contributed by atoms with Gasteiger partial charge in [-0.25, -0.2) is 0 Å². The van der Waals surface area contributed by atoms with Gasteiger partial charge in [0, 0.05) is 10.8 Å². The van der Waals surface area contributed by atoms with Gasteiger partial charge in [-0.15, -0.1) is 0 Å². The summed E-state index contributed by atoms with van der Waals surface area (Å²) in [6.45, 7) is 22.5. The second-order valence-corrected chi connectivity index (χ2v) is 21.0. The van der Waals surface area contributed by atoms with Gasteiger partial charge in [-0.2, -0.15) is 0 Å². The van der Waals surface area contributed by atoms with Gasteiger partial charge >= 0.3 is 5.97 Å². The van der Waals surface area contributed by atoms with Crippen LogP contribution in [0, 0.1) is 34.0 Å². The predicted molar refractivity (Wildman–Crippen MR) is 158 cm³/mol. The van der Waals surface area contributed by atoms with Crippen LogP contribution in [0.5, 0.6) is 0 Å². The Morgan fingerprint density at radius 2 is 1.77 bits per heavy atom. The number of carbonyl (C=O) groups excluding carboxylic acids is 2. The average molecular weight is 571 g/mol. The van der Waals surface area contributed by atoms with Crippen molar-refractivity contribution in [2.45, 2.75) is 117 Å². The van der Waals surface area contributed by atoms with Crippen LogP contribution in [-0.4, -0.2) is 49.1 Å². The number of Topliss-reactive ketones (excluding diaryl/α,β-unsaturated/α-hetero) is 1. The van der Waals surface area contributed by atoms with E-state index in [1.54, 1.807) is 20.8 Å². The molecule has 1 saturated heterocycles. The van der Waals surface area contributed by atoms with E-state index in [1.165, 1.54) is 5.57 Å². The molecule has 0 aromatic heterocycles. The molecule has 0 amide bonds. The van der Waals surface area contributed by atoms with Crippen LogP contribution in [-0.2, 0) is 23.5 Å². The van der Waals surface area contributed by atoms with Gasteiger partial charge in [0.2, 0.25) is 14.1 Å². The molecule has 1 heterocycles. The average Bonchev–Trinajstić information content (AvgIpc) is 3.50. The third-order valence-electron chi connectivity index (χ3n) is 11.8. The van der Waals surface area contributed by atoms with Crippen LogP contribution >= 0.6 is 0 Å². The molecule has 40 heavy (non-hydrogen) atoms. The van der Waals surface area contributed by atoms with E-state index in [2.05, 4.69) is 72.0 Å². The highest BCUT2D eigenvalue weighted by molar-refractivity contribution is 6.74. The van der Waals surface area contributed by atoms with Gasteiger partial charge in [-0.3, -0.25) is 9.59 Å². The van der Waals surface area contributed by atoms with Gasteiger partial charge in [-0.05, 0) is 101 Å². The summed E-state index contributed by atoms with van der Waals surface area (Å²) >= 11 is 0. The Hall–Kier alpha value is -1.70. The zero-order chi connectivity index (χ0) is 29.9. The lowest BCUT2D eigenvalue weighted by Crippen LogP contribution is -2.62. The summed E-state index contributed by atoms with van der Waals surface area (Å²) in [4.78, 5) is 26.0. The lowest BCUT2D eigenvalue weighted by Gasteiger charge is -2.54. The minimum Gasteiger partial charge on any atom is -0.544 e. The molecule has 1 spiro atoms. The van der Waals surface area contributed by atoms with Crippen LogP contribution in [0.1, 0.15) is 81.6 Å². The van der Waals surface area contributed by atoms with Crippen molar-refractivity contribution in [1.82, 2.24) is 0 Å². The molecule has 0 aromatic rings. The van der Waals surface area contributed by atoms with Gasteiger partial charge in [0.25, 0.3) is 0 Å². The van der Waals surface area contributed by atoms with E-state index in [1.807, 2.05) is 6.92 Å². The van der Waals surface area contributed by atoms with Crippen molar-refractivity contribution in [3.8, 4) is 0 Å². The number of esters is 1. The monoisotopic (exact) mass is 570 g/mol. The number of epoxide rings is 1. The van der Waals surface area contributed by atoms with E-state index < -0.39 is 37.3 Å². The maximum absolute atomic E-state index is 13.6. The van der Waals surface area contributed by atoms with Crippen LogP contribution < -0.4 is 0 Å². The lowest BCUT2D eigenvalue weighted by molar-refractivity contribution is -0.173. The molecule has 4 aliphatic carbocycles. The summed E-state index contributed by atoms with van der Waals surface area (Å²) in [6, 6.07) is 0. The van der Waals surface area contributed by atoms with E-state index in [0.29, 0.717) is 6.42 Å². The highest BCUT2D eigenvalue weighted by Gasteiger charge is 2.81. The number of ether oxygens (including phenoxy) is 2. The van der Waals surface area contributed by atoms with E-state index in [0.717, 1.165) is 18.6 Å². The molecule has 0 aromatic carbocycles. The summed E-state index contributed by atoms with van der Waals surface area (Å²) < 4.78 is 18.8. The zero-order valence-electron chi connectivity index (χ0n) is 26.4. The minimum absolute atomic E-state index is 0.0462. The first kappa shape index (κ1) is 29.8. The molecule has 1 aliphatic heterocycles. The van der Waals surface area contributed by atoms with Crippen molar-refractivity contribution >= 4 is 20.1 Å². The Morgan fingerprint density at radius 3 is 2.38 bits per heavy atom. The smallest absolute Gasteiger partial charge is 0.311 e.